The highest BCUT2D eigenvalue weighted by Gasteiger charge is 2.09. The summed E-state index contributed by atoms with van der Waals surface area (Å²) in [5, 5.41) is 0. The lowest BCUT2D eigenvalue weighted by Gasteiger charge is -2.09. The average Bonchev–Trinajstić information content (AvgIpc) is 2.91. The van der Waals surface area contributed by atoms with E-state index in [1.165, 1.54) is 64.2 Å². The van der Waals surface area contributed by atoms with Gasteiger partial charge in [-0.05, 0) is 60.7 Å². The lowest BCUT2D eigenvalue weighted by Crippen LogP contribution is -1.97. The number of aryl methyl sites for hydroxylation is 1. The van der Waals surface area contributed by atoms with Crippen LogP contribution in [0.2, 0.25) is 0 Å². The number of aromatic nitrogens is 1. The van der Waals surface area contributed by atoms with E-state index in [2.05, 4.69) is 31.0 Å². The Morgan fingerprint density at radius 2 is 1.31 bits per heavy atom. The summed E-state index contributed by atoms with van der Waals surface area (Å²) in [6.45, 7) is 5.25. The summed E-state index contributed by atoms with van der Waals surface area (Å²) in [6, 6.07) is 17.7. The molecule has 0 atom stereocenters. The Labute approximate surface area is 218 Å². The molecule has 2 nitrogen and oxygen atoms in total. The average molecular weight is 490 g/mol. The summed E-state index contributed by atoms with van der Waals surface area (Å²) < 4.78 is 20.7. The molecule has 0 unspecified atom stereocenters. The van der Waals surface area contributed by atoms with Crippen LogP contribution in [0.1, 0.15) is 96.5 Å². The molecule has 0 radical (unpaired) electrons. The number of pyridine rings is 1. The maximum atomic E-state index is 14.8. The fourth-order valence-corrected chi connectivity index (χ4v) is 4.57. The number of nitrogens with zero attached hydrogens (tertiary/aromatic N) is 1. The molecule has 194 valence electrons. The SMILES string of the molecule is CCCCCCCCOc1ccc(-c2ccc(-c3ccc(CCCCCCCC)cc3F)nc2)cc1. The van der Waals surface area contributed by atoms with Crippen LogP contribution in [0.25, 0.3) is 22.4 Å². The smallest absolute Gasteiger partial charge is 0.132 e. The van der Waals surface area contributed by atoms with Gasteiger partial charge < -0.3 is 4.74 Å². The van der Waals surface area contributed by atoms with Crippen molar-refractivity contribution in [3.8, 4) is 28.1 Å². The normalized spacial score (nSPS) is 11.1. The summed E-state index contributed by atoms with van der Waals surface area (Å²) in [4.78, 5) is 4.56. The summed E-state index contributed by atoms with van der Waals surface area (Å²) in [5.74, 6) is 0.714. The molecule has 0 saturated heterocycles. The third-order valence-corrected chi connectivity index (χ3v) is 6.85. The summed E-state index contributed by atoms with van der Waals surface area (Å²) in [6.07, 6.45) is 17.9. The Kier molecular flexibility index (Phi) is 12.5. The quantitative estimate of drug-likeness (QED) is 0.176. The standard InChI is InChI=1S/C33H44FNO/c1-3-5-7-9-11-13-15-27-16-22-31(32(34)25-27)33-23-19-29(26-35-33)28-17-20-30(21-18-28)36-24-14-12-10-8-6-4-2/h16-23,25-26H,3-15,24H2,1-2H3. The van der Waals surface area contributed by atoms with Crippen LogP contribution in [-0.2, 0) is 6.42 Å². The van der Waals surface area contributed by atoms with Crippen molar-refractivity contribution in [2.24, 2.45) is 0 Å². The highest BCUT2D eigenvalue weighted by molar-refractivity contribution is 5.67. The summed E-state index contributed by atoms with van der Waals surface area (Å²) >= 11 is 0. The van der Waals surface area contributed by atoms with E-state index in [4.69, 9.17) is 4.74 Å². The molecule has 0 fully saturated rings. The molecule has 1 heterocycles. The minimum atomic E-state index is -0.189. The Bertz CT molecular complexity index is 997. The number of benzene rings is 2. The van der Waals surface area contributed by atoms with Gasteiger partial charge in [0.25, 0.3) is 0 Å². The fraction of sp³-hybridized carbons (Fsp3) is 0.485. The molecule has 3 heteroatoms. The minimum Gasteiger partial charge on any atom is -0.494 e. The van der Waals surface area contributed by atoms with Crippen molar-refractivity contribution < 1.29 is 9.13 Å². The van der Waals surface area contributed by atoms with Gasteiger partial charge in [-0.2, -0.15) is 0 Å². The van der Waals surface area contributed by atoms with E-state index < -0.39 is 0 Å². The number of unbranched alkanes of at least 4 members (excludes halogenated alkanes) is 10. The molecule has 0 amide bonds. The molecule has 0 aliphatic rings. The van der Waals surface area contributed by atoms with E-state index in [1.54, 1.807) is 6.07 Å². The predicted octanol–water partition coefficient (Wildman–Crippen LogP) is 10.2. The second kappa shape index (κ2) is 16.1. The molecule has 2 aromatic carbocycles. The predicted molar refractivity (Wildman–Crippen MR) is 151 cm³/mol. The molecule has 0 spiro atoms. The topological polar surface area (TPSA) is 22.1 Å². The molecular weight excluding hydrogens is 445 g/mol. The van der Waals surface area contributed by atoms with Crippen LogP contribution < -0.4 is 4.74 Å². The fourth-order valence-electron chi connectivity index (χ4n) is 4.57. The van der Waals surface area contributed by atoms with Crippen LogP contribution in [-0.4, -0.2) is 11.6 Å². The second-order valence-corrected chi connectivity index (χ2v) is 9.90. The van der Waals surface area contributed by atoms with E-state index in [0.717, 1.165) is 48.3 Å². The molecule has 0 bridgehead atoms. The lowest BCUT2D eigenvalue weighted by atomic mass is 10.0. The number of rotatable bonds is 17. The zero-order valence-electron chi connectivity index (χ0n) is 22.4. The molecule has 0 aliphatic heterocycles. The monoisotopic (exact) mass is 489 g/mol. The maximum Gasteiger partial charge on any atom is 0.132 e. The van der Waals surface area contributed by atoms with Crippen molar-refractivity contribution in [2.45, 2.75) is 97.3 Å². The van der Waals surface area contributed by atoms with Gasteiger partial charge in [-0.15, -0.1) is 0 Å². The minimum absolute atomic E-state index is 0.189. The van der Waals surface area contributed by atoms with E-state index in [-0.39, 0.29) is 5.82 Å². The van der Waals surface area contributed by atoms with Gasteiger partial charge in [0.1, 0.15) is 11.6 Å². The van der Waals surface area contributed by atoms with Crippen molar-refractivity contribution in [3.05, 3.63) is 72.2 Å². The van der Waals surface area contributed by atoms with Crippen molar-refractivity contribution in [1.82, 2.24) is 4.98 Å². The van der Waals surface area contributed by atoms with Gasteiger partial charge in [-0.1, -0.05) is 102 Å². The largest absolute Gasteiger partial charge is 0.494 e. The molecular formula is C33H44FNO. The first-order chi connectivity index (χ1) is 17.7. The molecule has 3 aromatic rings. The Balaban J connectivity index is 1.48. The molecule has 0 aliphatic carbocycles. The highest BCUT2D eigenvalue weighted by Crippen LogP contribution is 2.27. The van der Waals surface area contributed by atoms with Gasteiger partial charge >= 0.3 is 0 Å². The zero-order valence-corrected chi connectivity index (χ0v) is 22.4. The van der Waals surface area contributed by atoms with Crippen LogP contribution >= 0.6 is 0 Å². The van der Waals surface area contributed by atoms with Crippen LogP contribution in [0.4, 0.5) is 4.39 Å². The molecule has 36 heavy (non-hydrogen) atoms. The molecule has 1 aromatic heterocycles. The van der Waals surface area contributed by atoms with Gasteiger partial charge in [-0.3, -0.25) is 4.98 Å². The number of hydrogen-bond acceptors (Lipinski definition) is 2. The number of halogens is 1. The Morgan fingerprint density at radius 1 is 0.667 bits per heavy atom. The van der Waals surface area contributed by atoms with E-state index in [0.29, 0.717) is 11.3 Å². The van der Waals surface area contributed by atoms with Gasteiger partial charge in [0.05, 0.1) is 12.3 Å². The van der Waals surface area contributed by atoms with Crippen molar-refractivity contribution in [3.63, 3.8) is 0 Å². The van der Waals surface area contributed by atoms with E-state index in [9.17, 15) is 4.39 Å². The van der Waals surface area contributed by atoms with E-state index >= 15 is 0 Å². The third-order valence-electron chi connectivity index (χ3n) is 6.85. The first-order valence-electron chi connectivity index (χ1n) is 14.2. The van der Waals surface area contributed by atoms with Crippen LogP contribution in [0.15, 0.2) is 60.8 Å². The van der Waals surface area contributed by atoms with Crippen molar-refractivity contribution >= 4 is 0 Å². The van der Waals surface area contributed by atoms with Gasteiger partial charge in [0, 0.05) is 17.3 Å². The summed E-state index contributed by atoms with van der Waals surface area (Å²) in [5.41, 5.74) is 4.40. The Morgan fingerprint density at radius 3 is 1.94 bits per heavy atom. The third kappa shape index (κ3) is 9.41. The van der Waals surface area contributed by atoms with Gasteiger partial charge in [0.2, 0.25) is 0 Å². The maximum absolute atomic E-state index is 14.8. The molecule has 3 rings (SSSR count). The van der Waals surface area contributed by atoms with Gasteiger partial charge in [0.15, 0.2) is 0 Å². The van der Waals surface area contributed by atoms with E-state index in [1.807, 2.05) is 42.6 Å². The number of hydrogen-bond donors (Lipinski definition) is 0. The zero-order chi connectivity index (χ0) is 25.4. The van der Waals surface area contributed by atoms with Crippen molar-refractivity contribution in [1.29, 1.82) is 0 Å². The highest BCUT2D eigenvalue weighted by atomic mass is 19.1. The lowest BCUT2D eigenvalue weighted by molar-refractivity contribution is 0.304. The first kappa shape index (κ1) is 27.9. The molecule has 0 N–H and O–H groups in total. The first-order valence-corrected chi connectivity index (χ1v) is 14.2. The molecule has 0 saturated carbocycles. The second-order valence-electron chi connectivity index (χ2n) is 9.90. The van der Waals surface area contributed by atoms with Crippen LogP contribution in [0.5, 0.6) is 5.75 Å². The number of ether oxygens (including phenoxy) is 1. The summed E-state index contributed by atoms with van der Waals surface area (Å²) in [7, 11) is 0. The van der Waals surface area contributed by atoms with Crippen LogP contribution in [0, 0.1) is 5.82 Å². The Hall–Kier alpha value is -2.68. The van der Waals surface area contributed by atoms with Crippen LogP contribution in [0.3, 0.4) is 0 Å². The van der Waals surface area contributed by atoms with Crippen molar-refractivity contribution in [2.75, 3.05) is 6.61 Å². The van der Waals surface area contributed by atoms with Gasteiger partial charge in [-0.25, -0.2) is 4.39 Å².